The van der Waals surface area contributed by atoms with Crippen LogP contribution in [0, 0.1) is 0 Å². The number of benzene rings is 1. The molecule has 2 rings (SSSR count). The first-order valence-electron chi connectivity index (χ1n) is 6.04. The fourth-order valence-electron chi connectivity index (χ4n) is 2.06. The van der Waals surface area contributed by atoms with E-state index in [4.69, 9.17) is 4.74 Å². The van der Waals surface area contributed by atoms with Crippen molar-refractivity contribution in [1.82, 2.24) is 5.32 Å². The zero-order valence-corrected chi connectivity index (χ0v) is 12.2. The molecular weight excluding hydrogens is 315 g/mol. The van der Waals surface area contributed by atoms with Gasteiger partial charge in [0.15, 0.2) is 0 Å². The molecule has 0 spiro atoms. The number of nitrogens with one attached hydrogen (secondary N) is 2. The molecule has 1 atom stereocenters. The molecule has 0 aromatic heterocycles. The van der Waals surface area contributed by atoms with Gasteiger partial charge in [0.1, 0.15) is 0 Å². The Hall–Kier alpha value is -0.980. The first-order chi connectivity index (χ1) is 9.07. The molecule has 1 saturated heterocycles. The summed E-state index contributed by atoms with van der Waals surface area (Å²) in [7, 11) is 1.57. The molecule has 19 heavy (non-hydrogen) atoms. The summed E-state index contributed by atoms with van der Waals surface area (Å²) in [6.45, 7) is 0.925. The van der Waals surface area contributed by atoms with Crippen molar-refractivity contribution in [2.24, 2.45) is 0 Å². The lowest BCUT2D eigenvalue weighted by molar-refractivity contribution is -0.126. The van der Waals surface area contributed by atoms with Crippen molar-refractivity contribution in [3.8, 4) is 0 Å². The van der Waals surface area contributed by atoms with Gasteiger partial charge in [-0.15, -0.1) is 0 Å². The van der Waals surface area contributed by atoms with Gasteiger partial charge in [0.05, 0.1) is 6.61 Å². The van der Waals surface area contributed by atoms with Crippen LogP contribution >= 0.6 is 15.9 Å². The van der Waals surface area contributed by atoms with E-state index < -0.39 is 11.6 Å². The van der Waals surface area contributed by atoms with Gasteiger partial charge < -0.3 is 15.4 Å². The zero-order chi connectivity index (χ0) is 13.9. The third-order valence-corrected chi connectivity index (χ3v) is 3.91. The third kappa shape index (κ3) is 3.13. The maximum absolute atomic E-state index is 14.3. The Kier molecular flexibility index (Phi) is 4.54. The molecule has 1 heterocycles. The highest BCUT2D eigenvalue weighted by molar-refractivity contribution is 9.10. The SMILES string of the molecule is COCc1c(Br)cccc1NC(=O)[C@@]1(F)CCNC1. The molecule has 1 aromatic rings. The summed E-state index contributed by atoms with van der Waals surface area (Å²) in [6, 6.07) is 5.38. The number of carbonyl (C=O) groups excluding carboxylic acids is 1. The smallest absolute Gasteiger partial charge is 0.263 e. The van der Waals surface area contributed by atoms with Gasteiger partial charge in [0.25, 0.3) is 5.91 Å². The van der Waals surface area contributed by atoms with Crippen LogP contribution in [0.2, 0.25) is 0 Å². The minimum Gasteiger partial charge on any atom is -0.380 e. The standard InChI is InChI=1S/C13H16BrFN2O2/c1-19-7-9-10(14)3-2-4-11(9)17-12(18)13(15)5-6-16-8-13/h2-4,16H,5-8H2,1H3,(H,17,18)/t13-/m1/s1. The summed E-state index contributed by atoms with van der Waals surface area (Å²) < 4.78 is 20.2. The Labute approximate surface area is 119 Å². The van der Waals surface area contributed by atoms with Crippen LogP contribution in [0.3, 0.4) is 0 Å². The summed E-state index contributed by atoms with van der Waals surface area (Å²) in [4.78, 5) is 12.0. The van der Waals surface area contributed by atoms with Crippen molar-refractivity contribution in [3.63, 3.8) is 0 Å². The van der Waals surface area contributed by atoms with E-state index in [9.17, 15) is 9.18 Å². The molecule has 104 valence electrons. The predicted molar refractivity (Wildman–Crippen MR) is 74.8 cm³/mol. The minimum atomic E-state index is -1.83. The molecular formula is C13H16BrFN2O2. The van der Waals surface area contributed by atoms with E-state index in [0.29, 0.717) is 18.8 Å². The van der Waals surface area contributed by atoms with E-state index in [1.165, 1.54) is 0 Å². The van der Waals surface area contributed by atoms with Crippen molar-refractivity contribution in [1.29, 1.82) is 0 Å². The van der Waals surface area contributed by atoms with E-state index in [1.807, 2.05) is 6.07 Å². The normalized spacial score (nSPS) is 22.5. The number of hydrogen-bond acceptors (Lipinski definition) is 3. The Bertz CT molecular complexity index is 476. The predicted octanol–water partition coefficient (Wildman–Crippen LogP) is 2.24. The second-order valence-electron chi connectivity index (χ2n) is 4.55. The van der Waals surface area contributed by atoms with Gasteiger partial charge in [-0.25, -0.2) is 4.39 Å². The molecule has 0 aliphatic carbocycles. The third-order valence-electron chi connectivity index (χ3n) is 3.17. The van der Waals surface area contributed by atoms with Crippen LogP contribution in [0.5, 0.6) is 0 Å². The molecule has 1 aliphatic rings. The summed E-state index contributed by atoms with van der Waals surface area (Å²) in [6.07, 6.45) is 0.201. The maximum Gasteiger partial charge on any atom is 0.263 e. The van der Waals surface area contributed by atoms with Crippen LogP contribution in [0.4, 0.5) is 10.1 Å². The number of halogens is 2. The molecule has 0 radical (unpaired) electrons. The molecule has 0 saturated carbocycles. The average Bonchev–Trinajstić information content (AvgIpc) is 2.82. The zero-order valence-electron chi connectivity index (χ0n) is 10.6. The Morgan fingerprint density at radius 1 is 1.63 bits per heavy atom. The topological polar surface area (TPSA) is 50.4 Å². The highest BCUT2D eigenvalue weighted by Gasteiger charge is 2.41. The van der Waals surface area contributed by atoms with Crippen LogP contribution in [0.15, 0.2) is 22.7 Å². The van der Waals surface area contributed by atoms with Crippen molar-refractivity contribution >= 4 is 27.5 Å². The van der Waals surface area contributed by atoms with Crippen LogP contribution in [0.25, 0.3) is 0 Å². The number of amides is 1. The van der Waals surface area contributed by atoms with Gasteiger partial charge >= 0.3 is 0 Å². The van der Waals surface area contributed by atoms with Gasteiger partial charge in [-0.3, -0.25) is 4.79 Å². The Morgan fingerprint density at radius 2 is 2.42 bits per heavy atom. The van der Waals surface area contributed by atoms with Gasteiger partial charge in [0.2, 0.25) is 5.67 Å². The lowest BCUT2D eigenvalue weighted by Gasteiger charge is -2.19. The quantitative estimate of drug-likeness (QED) is 0.890. The molecule has 1 fully saturated rings. The first kappa shape index (κ1) is 14.4. The van der Waals surface area contributed by atoms with E-state index in [-0.39, 0.29) is 13.0 Å². The molecule has 0 unspecified atom stereocenters. The average molecular weight is 331 g/mol. The number of methoxy groups -OCH3 is 1. The van der Waals surface area contributed by atoms with Crippen LogP contribution in [-0.4, -0.2) is 31.8 Å². The lowest BCUT2D eigenvalue weighted by Crippen LogP contribution is -2.40. The van der Waals surface area contributed by atoms with Crippen LogP contribution in [0.1, 0.15) is 12.0 Å². The van der Waals surface area contributed by atoms with Crippen molar-refractivity contribution in [2.45, 2.75) is 18.7 Å². The van der Waals surface area contributed by atoms with Crippen molar-refractivity contribution in [2.75, 3.05) is 25.5 Å². The monoisotopic (exact) mass is 330 g/mol. The second kappa shape index (κ2) is 5.98. The Balaban J connectivity index is 2.19. The Morgan fingerprint density at radius 3 is 3.05 bits per heavy atom. The molecule has 0 bridgehead atoms. The van der Waals surface area contributed by atoms with E-state index in [1.54, 1.807) is 19.2 Å². The number of rotatable bonds is 4. The van der Waals surface area contributed by atoms with Gasteiger partial charge in [-0.1, -0.05) is 22.0 Å². The van der Waals surface area contributed by atoms with Gasteiger partial charge in [-0.2, -0.15) is 0 Å². The van der Waals surface area contributed by atoms with Crippen LogP contribution in [-0.2, 0) is 16.1 Å². The molecule has 6 heteroatoms. The molecule has 1 aliphatic heterocycles. The first-order valence-corrected chi connectivity index (χ1v) is 6.83. The van der Waals surface area contributed by atoms with Crippen molar-refractivity contribution in [3.05, 3.63) is 28.2 Å². The molecule has 1 amide bonds. The minimum absolute atomic E-state index is 0.0620. The molecule has 2 N–H and O–H groups in total. The highest BCUT2D eigenvalue weighted by atomic mass is 79.9. The van der Waals surface area contributed by atoms with E-state index in [2.05, 4.69) is 26.6 Å². The lowest BCUT2D eigenvalue weighted by atomic mass is 10.0. The fourth-order valence-corrected chi connectivity index (χ4v) is 2.54. The second-order valence-corrected chi connectivity index (χ2v) is 5.40. The molecule has 4 nitrogen and oxygen atoms in total. The maximum atomic E-state index is 14.3. The summed E-state index contributed by atoms with van der Waals surface area (Å²) in [5, 5.41) is 5.52. The fraction of sp³-hybridized carbons (Fsp3) is 0.462. The summed E-state index contributed by atoms with van der Waals surface area (Å²) in [5.74, 6) is -0.604. The molecule has 1 aromatic carbocycles. The number of ether oxygens (including phenoxy) is 1. The highest BCUT2D eigenvalue weighted by Crippen LogP contribution is 2.28. The largest absolute Gasteiger partial charge is 0.380 e. The number of hydrogen-bond donors (Lipinski definition) is 2. The van der Waals surface area contributed by atoms with Crippen molar-refractivity contribution < 1.29 is 13.9 Å². The van der Waals surface area contributed by atoms with E-state index in [0.717, 1.165) is 10.0 Å². The number of anilines is 1. The van der Waals surface area contributed by atoms with Gasteiger partial charge in [0, 0.05) is 35.8 Å². The van der Waals surface area contributed by atoms with E-state index >= 15 is 0 Å². The summed E-state index contributed by atoms with van der Waals surface area (Å²) in [5.41, 5.74) is -0.454. The summed E-state index contributed by atoms with van der Waals surface area (Å²) >= 11 is 3.40. The van der Waals surface area contributed by atoms with Gasteiger partial charge in [-0.05, 0) is 18.7 Å². The number of alkyl halides is 1. The van der Waals surface area contributed by atoms with Crippen LogP contribution < -0.4 is 10.6 Å². The number of carbonyl (C=O) groups is 1.